The van der Waals surface area contributed by atoms with Crippen LogP contribution in [0, 0.1) is 11.8 Å². The monoisotopic (exact) mass is 226 g/mol. The molecule has 1 saturated carbocycles. The van der Waals surface area contributed by atoms with Crippen molar-refractivity contribution in [3.05, 3.63) is 0 Å². The lowest BCUT2D eigenvalue weighted by Gasteiger charge is -2.25. The second kappa shape index (κ2) is 6.89. The summed E-state index contributed by atoms with van der Waals surface area (Å²) in [5.41, 5.74) is 5.82. The molecule has 1 fully saturated rings. The molecule has 1 aliphatic carbocycles. The molecule has 0 spiro atoms. The molecule has 0 aromatic heterocycles. The van der Waals surface area contributed by atoms with E-state index in [1.807, 2.05) is 0 Å². The van der Waals surface area contributed by atoms with Crippen LogP contribution < -0.4 is 11.1 Å². The van der Waals surface area contributed by atoms with Crippen molar-refractivity contribution in [2.24, 2.45) is 17.6 Å². The van der Waals surface area contributed by atoms with Crippen molar-refractivity contribution in [1.82, 2.24) is 5.32 Å². The SMILES string of the molecule is CC(C)CCCNC(=O)C1CCC(N)CC1. The first-order chi connectivity index (χ1) is 7.59. The number of hydrogen-bond donors (Lipinski definition) is 2. The summed E-state index contributed by atoms with van der Waals surface area (Å²) >= 11 is 0. The third-order valence-corrected chi connectivity index (χ3v) is 3.40. The van der Waals surface area contributed by atoms with Gasteiger partial charge in [0.05, 0.1) is 0 Å². The van der Waals surface area contributed by atoms with Gasteiger partial charge in [0, 0.05) is 18.5 Å². The third kappa shape index (κ3) is 4.97. The van der Waals surface area contributed by atoms with Gasteiger partial charge in [0.25, 0.3) is 0 Å². The van der Waals surface area contributed by atoms with E-state index in [-0.39, 0.29) is 11.8 Å². The summed E-state index contributed by atoms with van der Waals surface area (Å²) < 4.78 is 0. The molecule has 1 aliphatic rings. The first-order valence-electron chi connectivity index (χ1n) is 6.63. The molecule has 0 atom stereocenters. The summed E-state index contributed by atoms with van der Waals surface area (Å²) in [6.45, 7) is 5.26. The highest BCUT2D eigenvalue weighted by molar-refractivity contribution is 5.78. The fourth-order valence-electron chi connectivity index (χ4n) is 2.25. The molecule has 16 heavy (non-hydrogen) atoms. The van der Waals surface area contributed by atoms with Crippen molar-refractivity contribution in [3.63, 3.8) is 0 Å². The van der Waals surface area contributed by atoms with Crippen LogP contribution in [0.4, 0.5) is 0 Å². The number of amides is 1. The third-order valence-electron chi connectivity index (χ3n) is 3.40. The normalized spacial score (nSPS) is 25.8. The Kier molecular flexibility index (Phi) is 5.81. The van der Waals surface area contributed by atoms with Gasteiger partial charge in [-0.25, -0.2) is 0 Å². The first-order valence-corrected chi connectivity index (χ1v) is 6.63. The van der Waals surface area contributed by atoms with Crippen LogP contribution in [0.2, 0.25) is 0 Å². The summed E-state index contributed by atoms with van der Waals surface area (Å²) in [6, 6.07) is 0.324. The minimum atomic E-state index is 0.221. The lowest BCUT2D eigenvalue weighted by molar-refractivity contribution is -0.126. The maximum atomic E-state index is 11.8. The maximum Gasteiger partial charge on any atom is 0.223 e. The minimum Gasteiger partial charge on any atom is -0.356 e. The smallest absolute Gasteiger partial charge is 0.223 e. The molecule has 0 bridgehead atoms. The van der Waals surface area contributed by atoms with Gasteiger partial charge >= 0.3 is 0 Å². The highest BCUT2D eigenvalue weighted by atomic mass is 16.1. The molecule has 0 radical (unpaired) electrons. The first kappa shape index (κ1) is 13.5. The van der Waals surface area contributed by atoms with Gasteiger partial charge in [0.1, 0.15) is 0 Å². The molecule has 0 aromatic carbocycles. The van der Waals surface area contributed by atoms with Crippen LogP contribution in [0.25, 0.3) is 0 Å². The summed E-state index contributed by atoms with van der Waals surface area (Å²) in [5, 5.41) is 3.04. The number of rotatable bonds is 5. The predicted molar refractivity (Wildman–Crippen MR) is 67.0 cm³/mol. The zero-order valence-electron chi connectivity index (χ0n) is 10.7. The average molecular weight is 226 g/mol. The van der Waals surface area contributed by atoms with Crippen molar-refractivity contribution in [2.45, 2.75) is 58.4 Å². The summed E-state index contributed by atoms with van der Waals surface area (Å²) in [4.78, 5) is 11.8. The fourth-order valence-corrected chi connectivity index (χ4v) is 2.25. The molecule has 0 aromatic rings. The van der Waals surface area contributed by atoms with Gasteiger partial charge in [-0.15, -0.1) is 0 Å². The van der Waals surface area contributed by atoms with E-state index in [4.69, 9.17) is 5.73 Å². The number of carbonyl (C=O) groups is 1. The second-order valence-corrected chi connectivity index (χ2v) is 5.44. The quantitative estimate of drug-likeness (QED) is 0.705. The van der Waals surface area contributed by atoms with E-state index in [1.165, 1.54) is 6.42 Å². The Bertz CT molecular complexity index is 208. The molecule has 0 aliphatic heterocycles. The lowest BCUT2D eigenvalue weighted by Crippen LogP contribution is -2.36. The van der Waals surface area contributed by atoms with E-state index in [0.29, 0.717) is 6.04 Å². The highest BCUT2D eigenvalue weighted by Crippen LogP contribution is 2.23. The van der Waals surface area contributed by atoms with Crippen LogP contribution in [0.15, 0.2) is 0 Å². The lowest BCUT2D eigenvalue weighted by atomic mass is 9.86. The Labute approximate surface area is 99.2 Å². The molecular weight excluding hydrogens is 200 g/mol. The summed E-state index contributed by atoms with van der Waals surface area (Å²) in [7, 11) is 0. The van der Waals surface area contributed by atoms with Gasteiger partial charge in [-0.05, 0) is 44.4 Å². The van der Waals surface area contributed by atoms with E-state index >= 15 is 0 Å². The molecule has 0 unspecified atom stereocenters. The molecule has 3 heteroatoms. The second-order valence-electron chi connectivity index (χ2n) is 5.44. The minimum absolute atomic E-state index is 0.221. The molecule has 0 heterocycles. The van der Waals surface area contributed by atoms with Crippen LogP contribution in [0.5, 0.6) is 0 Å². The molecule has 3 nitrogen and oxygen atoms in total. The van der Waals surface area contributed by atoms with Gasteiger partial charge in [0.15, 0.2) is 0 Å². The fraction of sp³-hybridized carbons (Fsp3) is 0.923. The number of nitrogens with one attached hydrogen (secondary N) is 1. The van der Waals surface area contributed by atoms with Crippen molar-refractivity contribution in [1.29, 1.82) is 0 Å². The van der Waals surface area contributed by atoms with Gasteiger partial charge in [0.2, 0.25) is 5.91 Å². The average Bonchev–Trinajstić information content (AvgIpc) is 2.25. The van der Waals surface area contributed by atoms with Crippen LogP contribution in [-0.4, -0.2) is 18.5 Å². The maximum absolute atomic E-state index is 11.8. The van der Waals surface area contributed by atoms with Crippen LogP contribution in [-0.2, 0) is 4.79 Å². The zero-order valence-corrected chi connectivity index (χ0v) is 10.7. The highest BCUT2D eigenvalue weighted by Gasteiger charge is 2.23. The zero-order chi connectivity index (χ0) is 12.0. The van der Waals surface area contributed by atoms with Gasteiger partial charge in [-0.2, -0.15) is 0 Å². The molecular formula is C13H26N2O. The molecule has 1 rings (SSSR count). The number of hydrogen-bond acceptors (Lipinski definition) is 2. The molecule has 3 N–H and O–H groups in total. The largest absolute Gasteiger partial charge is 0.356 e. The Balaban J connectivity index is 2.10. The van der Waals surface area contributed by atoms with Crippen molar-refractivity contribution in [3.8, 4) is 0 Å². The van der Waals surface area contributed by atoms with Crippen molar-refractivity contribution in [2.75, 3.05) is 6.54 Å². The van der Waals surface area contributed by atoms with Crippen LogP contribution >= 0.6 is 0 Å². The van der Waals surface area contributed by atoms with E-state index in [2.05, 4.69) is 19.2 Å². The van der Waals surface area contributed by atoms with E-state index in [9.17, 15) is 4.79 Å². The topological polar surface area (TPSA) is 55.1 Å². The molecule has 0 saturated heterocycles. The Hall–Kier alpha value is -0.570. The van der Waals surface area contributed by atoms with E-state index in [1.54, 1.807) is 0 Å². The molecule has 94 valence electrons. The standard InChI is InChI=1S/C13H26N2O/c1-10(2)4-3-9-15-13(16)11-5-7-12(14)8-6-11/h10-12H,3-9,14H2,1-2H3,(H,15,16). The Morgan fingerprint density at radius 2 is 1.94 bits per heavy atom. The van der Waals surface area contributed by atoms with Gasteiger partial charge < -0.3 is 11.1 Å². The van der Waals surface area contributed by atoms with Gasteiger partial charge in [-0.1, -0.05) is 13.8 Å². The number of nitrogens with two attached hydrogens (primary N) is 1. The number of carbonyl (C=O) groups excluding carboxylic acids is 1. The predicted octanol–water partition coefficient (Wildman–Crippen LogP) is 2.06. The Morgan fingerprint density at radius 3 is 2.50 bits per heavy atom. The van der Waals surface area contributed by atoms with E-state index < -0.39 is 0 Å². The summed E-state index contributed by atoms with van der Waals surface area (Å²) in [5.74, 6) is 1.19. The van der Waals surface area contributed by atoms with Crippen LogP contribution in [0.3, 0.4) is 0 Å². The molecule has 1 amide bonds. The van der Waals surface area contributed by atoms with Gasteiger partial charge in [-0.3, -0.25) is 4.79 Å². The van der Waals surface area contributed by atoms with Crippen molar-refractivity contribution < 1.29 is 4.79 Å². The Morgan fingerprint density at radius 1 is 1.31 bits per heavy atom. The summed E-state index contributed by atoms with van der Waals surface area (Å²) in [6.07, 6.45) is 6.23. The van der Waals surface area contributed by atoms with Crippen molar-refractivity contribution >= 4 is 5.91 Å². The van der Waals surface area contributed by atoms with E-state index in [0.717, 1.165) is 44.6 Å². The van der Waals surface area contributed by atoms with Crippen LogP contribution in [0.1, 0.15) is 52.4 Å².